The van der Waals surface area contributed by atoms with Gasteiger partial charge in [0, 0.05) is 36.3 Å². The van der Waals surface area contributed by atoms with Crippen molar-refractivity contribution < 1.29 is 14.8 Å². The van der Waals surface area contributed by atoms with Crippen LogP contribution >= 0.6 is 0 Å². The van der Waals surface area contributed by atoms with E-state index in [9.17, 15) is 20.0 Å². The smallest absolute Gasteiger partial charge is 0.271 e. The molecule has 2 rings (SSSR count). The average molecular weight is 321 g/mol. The van der Waals surface area contributed by atoms with E-state index in [0.717, 1.165) is 25.7 Å². The first-order valence-corrected chi connectivity index (χ1v) is 7.92. The van der Waals surface area contributed by atoms with Gasteiger partial charge in [-0.25, -0.2) is 0 Å². The number of rotatable bonds is 6. The Morgan fingerprint density at radius 1 is 1.39 bits per heavy atom. The van der Waals surface area contributed by atoms with Crippen molar-refractivity contribution in [3.05, 3.63) is 34.4 Å². The van der Waals surface area contributed by atoms with Gasteiger partial charge in [0.1, 0.15) is 0 Å². The summed E-state index contributed by atoms with van der Waals surface area (Å²) < 4.78 is 0. The second kappa shape index (κ2) is 8.03. The Morgan fingerprint density at radius 2 is 2.09 bits per heavy atom. The third-order valence-corrected chi connectivity index (χ3v) is 4.05. The van der Waals surface area contributed by atoms with Gasteiger partial charge in [-0.1, -0.05) is 6.07 Å². The number of nitrogens with zero attached hydrogens (tertiary/aromatic N) is 1. The summed E-state index contributed by atoms with van der Waals surface area (Å²) in [6, 6.07) is 6.25. The van der Waals surface area contributed by atoms with Gasteiger partial charge in [-0.05, 0) is 38.7 Å². The Kier molecular flexibility index (Phi) is 6.06. The molecular formula is C16H23N3O4. The average Bonchev–Trinajstić information content (AvgIpc) is 2.49. The Bertz CT molecular complexity index is 556. The van der Waals surface area contributed by atoms with Gasteiger partial charge in [0.25, 0.3) is 5.69 Å². The fourth-order valence-corrected chi connectivity index (χ4v) is 2.89. The minimum Gasteiger partial charge on any atom is -0.393 e. The molecule has 0 spiro atoms. The molecule has 23 heavy (non-hydrogen) atoms. The number of amides is 1. The standard InChI is InChI=1S/C16H23N3O4/c1-11(17-12-5-7-15(20)8-6-12)9-16(21)18-13-3-2-4-14(10-13)19(22)23/h2-4,10-12,15,17,20H,5-9H2,1H3,(H,18,21). The number of carbonyl (C=O) groups is 1. The predicted octanol–water partition coefficient (Wildman–Crippen LogP) is 2.21. The largest absolute Gasteiger partial charge is 0.393 e. The number of nitrogens with one attached hydrogen (secondary N) is 2. The first-order valence-electron chi connectivity index (χ1n) is 7.92. The van der Waals surface area contributed by atoms with E-state index >= 15 is 0 Å². The highest BCUT2D eigenvalue weighted by Crippen LogP contribution is 2.20. The van der Waals surface area contributed by atoms with Crippen LogP contribution in [0.4, 0.5) is 11.4 Å². The molecule has 0 heterocycles. The Hall–Kier alpha value is -1.99. The van der Waals surface area contributed by atoms with Crippen LogP contribution in [0.5, 0.6) is 0 Å². The van der Waals surface area contributed by atoms with Crippen molar-refractivity contribution in [3.8, 4) is 0 Å². The number of hydrogen-bond acceptors (Lipinski definition) is 5. The predicted molar refractivity (Wildman–Crippen MR) is 87.2 cm³/mol. The molecule has 1 aliphatic rings. The third-order valence-electron chi connectivity index (χ3n) is 4.05. The molecule has 1 saturated carbocycles. The SMILES string of the molecule is CC(CC(=O)Nc1cccc([N+](=O)[O-])c1)NC1CCC(O)CC1. The quantitative estimate of drug-likeness (QED) is 0.550. The lowest BCUT2D eigenvalue weighted by Gasteiger charge is -2.28. The zero-order valence-electron chi connectivity index (χ0n) is 13.2. The Morgan fingerprint density at radius 3 is 2.74 bits per heavy atom. The number of anilines is 1. The molecule has 7 heteroatoms. The molecule has 1 unspecified atom stereocenters. The molecule has 7 nitrogen and oxygen atoms in total. The highest BCUT2D eigenvalue weighted by molar-refractivity contribution is 5.91. The summed E-state index contributed by atoms with van der Waals surface area (Å²) in [4.78, 5) is 22.3. The molecule has 0 radical (unpaired) electrons. The van der Waals surface area contributed by atoms with Crippen LogP contribution in [-0.2, 0) is 4.79 Å². The lowest BCUT2D eigenvalue weighted by molar-refractivity contribution is -0.384. The van der Waals surface area contributed by atoms with E-state index in [-0.39, 0.29) is 23.7 Å². The fourth-order valence-electron chi connectivity index (χ4n) is 2.89. The van der Waals surface area contributed by atoms with Crippen molar-refractivity contribution in [1.82, 2.24) is 5.32 Å². The van der Waals surface area contributed by atoms with Gasteiger partial charge in [0.2, 0.25) is 5.91 Å². The van der Waals surface area contributed by atoms with Crippen molar-refractivity contribution in [2.75, 3.05) is 5.32 Å². The van der Waals surface area contributed by atoms with Gasteiger partial charge in [0.15, 0.2) is 0 Å². The molecule has 0 aromatic heterocycles. The van der Waals surface area contributed by atoms with Crippen LogP contribution in [0.1, 0.15) is 39.0 Å². The van der Waals surface area contributed by atoms with E-state index < -0.39 is 4.92 Å². The minimum absolute atomic E-state index is 0.00828. The summed E-state index contributed by atoms with van der Waals surface area (Å²) in [5, 5.41) is 26.3. The molecule has 0 aliphatic heterocycles. The Balaban J connectivity index is 1.79. The zero-order valence-corrected chi connectivity index (χ0v) is 13.2. The maximum absolute atomic E-state index is 12.0. The molecule has 1 amide bonds. The maximum Gasteiger partial charge on any atom is 0.271 e. The van der Waals surface area contributed by atoms with E-state index in [1.54, 1.807) is 12.1 Å². The molecule has 0 saturated heterocycles. The normalized spacial score (nSPS) is 22.3. The molecule has 1 fully saturated rings. The van der Waals surface area contributed by atoms with Crippen molar-refractivity contribution in [3.63, 3.8) is 0 Å². The van der Waals surface area contributed by atoms with Crippen molar-refractivity contribution in [1.29, 1.82) is 0 Å². The maximum atomic E-state index is 12.0. The topological polar surface area (TPSA) is 104 Å². The van der Waals surface area contributed by atoms with Crippen molar-refractivity contribution in [2.45, 2.75) is 57.2 Å². The molecule has 1 atom stereocenters. The van der Waals surface area contributed by atoms with Crippen LogP contribution in [-0.4, -0.2) is 34.1 Å². The van der Waals surface area contributed by atoms with E-state index in [1.165, 1.54) is 12.1 Å². The van der Waals surface area contributed by atoms with Crippen LogP contribution in [0.15, 0.2) is 24.3 Å². The van der Waals surface area contributed by atoms with Crippen molar-refractivity contribution >= 4 is 17.3 Å². The van der Waals surface area contributed by atoms with Gasteiger partial charge in [-0.2, -0.15) is 0 Å². The highest BCUT2D eigenvalue weighted by atomic mass is 16.6. The summed E-state index contributed by atoms with van der Waals surface area (Å²) in [6.07, 6.45) is 3.52. The number of hydrogen-bond donors (Lipinski definition) is 3. The van der Waals surface area contributed by atoms with Gasteiger partial charge in [0.05, 0.1) is 11.0 Å². The first kappa shape index (κ1) is 17.4. The summed E-state index contributed by atoms with van der Waals surface area (Å²) >= 11 is 0. The third kappa shape index (κ3) is 5.61. The van der Waals surface area contributed by atoms with Crippen LogP contribution in [0.2, 0.25) is 0 Å². The van der Waals surface area contributed by atoms with Crippen LogP contribution in [0.25, 0.3) is 0 Å². The second-order valence-electron chi connectivity index (χ2n) is 6.13. The molecule has 3 N–H and O–H groups in total. The van der Waals surface area contributed by atoms with Gasteiger partial charge in [-0.3, -0.25) is 14.9 Å². The monoisotopic (exact) mass is 321 g/mol. The number of carbonyl (C=O) groups excluding carboxylic acids is 1. The fraction of sp³-hybridized carbons (Fsp3) is 0.562. The van der Waals surface area contributed by atoms with Crippen LogP contribution < -0.4 is 10.6 Å². The second-order valence-corrected chi connectivity index (χ2v) is 6.13. The highest BCUT2D eigenvalue weighted by Gasteiger charge is 2.21. The van der Waals surface area contributed by atoms with Gasteiger partial charge in [-0.15, -0.1) is 0 Å². The van der Waals surface area contributed by atoms with E-state index in [0.29, 0.717) is 18.2 Å². The van der Waals surface area contributed by atoms with E-state index in [1.807, 2.05) is 6.92 Å². The molecule has 0 bridgehead atoms. The minimum atomic E-state index is -0.489. The molecule has 1 aromatic carbocycles. The van der Waals surface area contributed by atoms with Crippen molar-refractivity contribution in [2.24, 2.45) is 0 Å². The summed E-state index contributed by atoms with van der Waals surface area (Å²) in [5.41, 5.74) is 0.381. The number of non-ortho nitro benzene ring substituents is 1. The van der Waals surface area contributed by atoms with Crippen LogP contribution in [0.3, 0.4) is 0 Å². The number of aliphatic hydroxyl groups excluding tert-OH is 1. The summed E-state index contributed by atoms with van der Waals surface area (Å²) in [6.45, 7) is 1.94. The lowest BCUT2D eigenvalue weighted by Crippen LogP contribution is -2.41. The van der Waals surface area contributed by atoms with Gasteiger partial charge < -0.3 is 15.7 Å². The summed E-state index contributed by atoms with van der Waals surface area (Å²) in [7, 11) is 0. The molecular weight excluding hydrogens is 298 g/mol. The molecule has 1 aromatic rings. The zero-order chi connectivity index (χ0) is 16.8. The molecule has 126 valence electrons. The van der Waals surface area contributed by atoms with Crippen LogP contribution in [0, 0.1) is 10.1 Å². The Labute approximate surface area is 135 Å². The van der Waals surface area contributed by atoms with E-state index in [2.05, 4.69) is 10.6 Å². The lowest BCUT2D eigenvalue weighted by atomic mass is 9.92. The number of benzene rings is 1. The number of aliphatic hydroxyl groups is 1. The number of nitro benzene ring substituents is 1. The van der Waals surface area contributed by atoms with E-state index in [4.69, 9.17) is 0 Å². The summed E-state index contributed by atoms with van der Waals surface area (Å²) in [5.74, 6) is -0.179. The molecule has 1 aliphatic carbocycles. The van der Waals surface area contributed by atoms with Gasteiger partial charge >= 0.3 is 0 Å². The number of nitro groups is 1. The first-order chi connectivity index (χ1) is 10.9.